The smallest absolute Gasteiger partial charge is 0.234 e. The summed E-state index contributed by atoms with van der Waals surface area (Å²) < 4.78 is 10.4. The van der Waals surface area contributed by atoms with Gasteiger partial charge in [0.2, 0.25) is 5.91 Å². The number of carbonyl (C=O) groups excluding carboxylic acids is 1. The van der Waals surface area contributed by atoms with Gasteiger partial charge in [-0.05, 0) is 29.8 Å². The largest absolute Gasteiger partial charge is 0.493 e. The van der Waals surface area contributed by atoms with Crippen LogP contribution in [0.15, 0.2) is 59.9 Å². The third-order valence-electron chi connectivity index (χ3n) is 4.05. The molecule has 0 radical (unpaired) electrons. The Labute approximate surface area is 184 Å². The van der Waals surface area contributed by atoms with E-state index in [0.717, 1.165) is 5.56 Å². The van der Waals surface area contributed by atoms with E-state index in [-0.39, 0.29) is 11.7 Å². The fraction of sp³-hybridized carbons (Fsp3) is 0.190. The number of hydrogen-bond donors (Lipinski definition) is 2. The number of methoxy groups -OCH3 is 2. The number of carbonyl (C=O) groups is 1. The van der Waals surface area contributed by atoms with E-state index in [1.165, 1.54) is 18.1 Å². The molecule has 0 aliphatic carbocycles. The Kier molecular flexibility index (Phi) is 7.75. The minimum atomic E-state index is -0.151. The highest BCUT2D eigenvalue weighted by Crippen LogP contribution is 2.30. The second-order valence-corrected chi connectivity index (χ2v) is 7.56. The van der Waals surface area contributed by atoms with Crippen LogP contribution in [0.4, 0.5) is 11.5 Å². The Hall–Kier alpha value is -2.97. The Bertz CT molecular complexity index is 1000. The van der Waals surface area contributed by atoms with E-state index in [1.807, 2.05) is 30.3 Å². The van der Waals surface area contributed by atoms with E-state index >= 15 is 0 Å². The summed E-state index contributed by atoms with van der Waals surface area (Å²) in [6.45, 7) is 0.609. The van der Waals surface area contributed by atoms with Crippen LogP contribution in [-0.2, 0) is 11.3 Å². The molecule has 156 valence electrons. The number of rotatable bonds is 9. The molecule has 0 bridgehead atoms. The van der Waals surface area contributed by atoms with Gasteiger partial charge in [-0.1, -0.05) is 35.5 Å². The molecule has 0 aliphatic heterocycles. The van der Waals surface area contributed by atoms with E-state index in [9.17, 15) is 4.79 Å². The predicted octanol–water partition coefficient (Wildman–Crippen LogP) is 4.49. The zero-order valence-corrected chi connectivity index (χ0v) is 18.1. The van der Waals surface area contributed by atoms with E-state index < -0.39 is 0 Å². The molecule has 2 aromatic carbocycles. The third kappa shape index (κ3) is 6.27. The van der Waals surface area contributed by atoms with Crippen molar-refractivity contribution in [2.75, 3.05) is 30.6 Å². The second kappa shape index (κ2) is 10.7. The van der Waals surface area contributed by atoms with Gasteiger partial charge in [-0.2, -0.15) is 0 Å². The summed E-state index contributed by atoms with van der Waals surface area (Å²) in [5, 5.41) is 7.48. The molecule has 0 saturated carbocycles. The van der Waals surface area contributed by atoms with Crippen molar-refractivity contribution in [3.05, 3.63) is 65.4 Å². The van der Waals surface area contributed by atoms with Crippen LogP contribution in [0.2, 0.25) is 5.02 Å². The van der Waals surface area contributed by atoms with Gasteiger partial charge in [0, 0.05) is 29.4 Å². The molecule has 1 heterocycles. The highest BCUT2D eigenvalue weighted by atomic mass is 35.5. The molecule has 1 amide bonds. The summed E-state index contributed by atoms with van der Waals surface area (Å²) in [6, 6.07) is 14.6. The number of amides is 1. The standard InChI is InChI=1S/C21H21ClN4O3S/c1-28-17-8-7-16(9-18(17)29-2)26-20(27)12-30-21-10-19(24-13-25-21)23-11-14-3-5-15(22)6-4-14/h3-10,13H,11-12H2,1-2H3,(H,26,27)(H,23,24,25). The van der Waals surface area contributed by atoms with Crippen molar-refractivity contribution in [2.45, 2.75) is 11.6 Å². The molecule has 0 spiro atoms. The lowest BCUT2D eigenvalue weighted by Crippen LogP contribution is -2.14. The van der Waals surface area contributed by atoms with Gasteiger partial charge in [-0.3, -0.25) is 4.79 Å². The lowest BCUT2D eigenvalue weighted by molar-refractivity contribution is -0.113. The second-order valence-electron chi connectivity index (χ2n) is 6.13. The number of hydrogen-bond acceptors (Lipinski definition) is 7. The topological polar surface area (TPSA) is 85.4 Å². The molecule has 0 fully saturated rings. The number of nitrogens with zero attached hydrogens (tertiary/aromatic N) is 2. The normalized spacial score (nSPS) is 10.4. The van der Waals surface area contributed by atoms with E-state index in [1.54, 1.807) is 32.4 Å². The number of anilines is 2. The molecule has 0 saturated heterocycles. The number of thioether (sulfide) groups is 1. The Balaban J connectivity index is 1.52. The molecular weight excluding hydrogens is 424 g/mol. The van der Waals surface area contributed by atoms with Crippen molar-refractivity contribution in [1.29, 1.82) is 0 Å². The van der Waals surface area contributed by atoms with Gasteiger partial charge < -0.3 is 20.1 Å². The molecular formula is C21H21ClN4O3S. The Morgan fingerprint density at radius 3 is 2.53 bits per heavy atom. The van der Waals surface area contributed by atoms with Crippen LogP contribution in [0, 0.1) is 0 Å². The minimum Gasteiger partial charge on any atom is -0.493 e. The molecule has 0 atom stereocenters. The average Bonchev–Trinajstić information content (AvgIpc) is 2.77. The van der Waals surface area contributed by atoms with Crippen molar-refractivity contribution in [3.63, 3.8) is 0 Å². The van der Waals surface area contributed by atoms with Crippen molar-refractivity contribution in [2.24, 2.45) is 0 Å². The zero-order chi connectivity index (χ0) is 21.3. The lowest BCUT2D eigenvalue weighted by Gasteiger charge is -2.10. The summed E-state index contributed by atoms with van der Waals surface area (Å²) in [4.78, 5) is 20.7. The first-order valence-corrected chi connectivity index (χ1v) is 10.4. The van der Waals surface area contributed by atoms with Crippen molar-refractivity contribution in [3.8, 4) is 11.5 Å². The third-order valence-corrected chi connectivity index (χ3v) is 5.22. The van der Waals surface area contributed by atoms with Crippen LogP contribution < -0.4 is 20.1 Å². The predicted molar refractivity (Wildman–Crippen MR) is 120 cm³/mol. The maximum atomic E-state index is 12.3. The lowest BCUT2D eigenvalue weighted by atomic mass is 10.2. The summed E-state index contributed by atoms with van der Waals surface area (Å²) in [5.41, 5.74) is 1.72. The van der Waals surface area contributed by atoms with E-state index in [0.29, 0.717) is 39.6 Å². The van der Waals surface area contributed by atoms with Gasteiger partial charge in [0.15, 0.2) is 11.5 Å². The van der Waals surface area contributed by atoms with Gasteiger partial charge in [-0.25, -0.2) is 9.97 Å². The van der Waals surface area contributed by atoms with E-state index in [4.69, 9.17) is 21.1 Å². The molecule has 0 aliphatic rings. The van der Waals surface area contributed by atoms with Crippen molar-refractivity contribution in [1.82, 2.24) is 9.97 Å². The molecule has 1 aromatic heterocycles. The monoisotopic (exact) mass is 444 g/mol. The van der Waals surface area contributed by atoms with E-state index in [2.05, 4.69) is 20.6 Å². The fourth-order valence-electron chi connectivity index (χ4n) is 2.56. The van der Waals surface area contributed by atoms with Crippen molar-refractivity contribution >= 4 is 40.8 Å². The van der Waals surface area contributed by atoms with Crippen LogP contribution in [0.1, 0.15) is 5.56 Å². The molecule has 9 heteroatoms. The number of ether oxygens (including phenoxy) is 2. The minimum absolute atomic E-state index is 0.151. The van der Waals surface area contributed by atoms with Crippen LogP contribution in [-0.4, -0.2) is 35.8 Å². The first-order valence-electron chi connectivity index (χ1n) is 9.02. The number of halogens is 1. The van der Waals surface area contributed by atoms with Gasteiger partial charge in [0.1, 0.15) is 17.2 Å². The number of nitrogens with one attached hydrogen (secondary N) is 2. The fourth-order valence-corrected chi connectivity index (χ4v) is 3.35. The molecule has 0 unspecified atom stereocenters. The zero-order valence-electron chi connectivity index (χ0n) is 16.5. The molecule has 7 nitrogen and oxygen atoms in total. The Morgan fingerprint density at radius 1 is 1.03 bits per heavy atom. The highest BCUT2D eigenvalue weighted by molar-refractivity contribution is 7.99. The first-order chi connectivity index (χ1) is 14.6. The molecule has 3 rings (SSSR count). The quantitative estimate of drug-likeness (QED) is 0.371. The maximum Gasteiger partial charge on any atom is 0.234 e. The van der Waals surface area contributed by atoms with Crippen LogP contribution in [0.25, 0.3) is 0 Å². The number of aromatic nitrogens is 2. The van der Waals surface area contributed by atoms with Gasteiger partial charge in [0.05, 0.1) is 20.0 Å². The van der Waals surface area contributed by atoms with Crippen LogP contribution >= 0.6 is 23.4 Å². The summed E-state index contributed by atoms with van der Waals surface area (Å²) >= 11 is 7.23. The SMILES string of the molecule is COc1ccc(NC(=O)CSc2cc(NCc3ccc(Cl)cc3)ncn2)cc1OC. The number of benzene rings is 2. The van der Waals surface area contributed by atoms with Crippen LogP contribution in [0.3, 0.4) is 0 Å². The summed E-state index contributed by atoms with van der Waals surface area (Å²) in [5.74, 6) is 1.89. The van der Waals surface area contributed by atoms with Gasteiger partial charge >= 0.3 is 0 Å². The van der Waals surface area contributed by atoms with Gasteiger partial charge in [-0.15, -0.1) is 0 Å². The van der Waals surface area contributed by atoms with Crippen LogP contribution in [0.5, 0.6) is 11.5 Å². The molecule has 30 heavy (non-hydrogen) atoms. The highest BCUT2D eigenvalue weighted by Gasteiger charge is 2.09. The molecule has 2 N–H and O–H groups in total. The molecule has 3 aromatic rings. The van der Waals surface area contributed by atoms with Gasteiger partial charge in [0.25, 0.3) is 0 Å². The average molecular weight is 445 g/mol. The van der Waals surface area contributed by atoms with Crippen molar-refractivity contribution < 1.29 is 14.3 Å². The summed E-state index contributed by atoms with van der Waals surface area (Å²) in [7, 11) is 3.11. The maximum absolute atomic E-state index is 12.3. The first kappa shape index (κ1) is 21.7. The Morgan fingerprint density at radius 2 is 1.80 bits per heavy atom. The summed E-state index contributed by atoms with van der Waals surface area (Å²) in [6.07, 6.45) is 1.47.